The van der Waals surface area contributed by atoms with Gasteiger partial charge in [0.1, 0.15) is 12.7 Å². The number of benzene rings is 1. The minimum atomic E-state index is -0.491. The number of hydrogen-bond donors (Lipinski definition) is 1. The second-order valence-corrected chi connectivity index (χ2v) is 8.16. The van der Waals surface area contributed by atoms with E-state index in [0.717, 1.165) is 37.0 Å². The molecule has 0 aliphatic carbocycles. The van der Waals surface area contributed by atoms with Crippen molar-refractivity contribution in [2.75, 3.05) is 38.3 Å². The summed E-state index contributed by atoms with van der Waals surface area (Å²) >= 11 is 0. The summed E-state index contributed by atoms with van der Waals surface area (Å²) in [5, 5.41) is 8.87. The van der Waals surface area contributed by atoms with Crippen molar-refractivity contribution in [3.8, 4) is 6.07 Å². The number of piperidine rings is 1. The highest BCUT2D eigenvalue weighted by Gasteiger charge is 2.26. The number of aromatic nitrogens is 4. The van der Waals surface area contributed by atoms with Crippen LogP contribution in [0.4, 0.5) is 5.95 Å². The van der Waals surface area contributed by atoms with Gasteiger partial charge in [-0.25, -0.2) is 15.0 Å². The molecular weight excluding hydrogens is 436 g/mol. The second kappa shape index (κ2) is 10.3. The van der Waals surface area contributed by atoms with Gasteiger partial charge in [0.05, 0.1) is 41.9 Å². The largest absolute Gasteiger partial charge is 0.370 e. The van der Waals surface area contributed by atoms with Crippen LogP contribution in [0.15, 0.2) is 36.9 Å². The summed E-state index contributed by atoms with van der Waals surface area (Å²) in [6.07, 6.45) is 6.32. The topological polar surface area (TPSA) is 143 Å². The van der Waals surface area contributed by atoms with Crippen molar-refractivity contribution in [2.45, 2.75) is 25.4 Å². The molecule has 34 heavy (non-hydrogen) atoms. The molecule has 0 saturated carbocycles. The van der Waals surface area contributed by atoms with Crippen LogP contribution in [0.2, 0.25) is 0 Å². The number of fused-ring (bicyclic) bond motifs is 1. The fourth-order valence-corrected chi connectivity index (χ4v) is 4.01. The van der Waals surface area contributed by atoms with Crippen LogP contribution in [0.25, 0.3) is 11.0 Å². The van der Waals surface area contributed by atoms with E-state index in [1.807, 2.05) is 10.6 Å². The zero-order valence-corrected chi connectivity index (χ0v) is 18.9. The number of amides is 2. The third kappa shape index (κ3) is 5.13. The van der Waals surface area contributed by atoms with E-state index in [1.165, 1.54) is 12.4 Å². The molecule has 1 aliphatic rings. The van der Waals surface area contributed by atoms with Gasteiger partial charge in [0.15, 0.2) is 0 Å². The van der Waals surface area contributed by atoms with Gasteiger partial charge in [-0.15, -0.1) is 0 Å². The molecule has 2 amide bonds. The fourth-order valence-electron chi connectivity index (χ4n) is 4.01. The number of ether oxygens (including phenoxy) is 1. The Morgan fingerprint density at radius 2 is 1.97 bits per heavy atom. The Kier molecular flexibility index (Phi) is 6.98. The van der Waals surface area contributed by atoms with Crippen LogP contribution in [0.5, 0.6) is 0 Å². The van der Waals surface area contributed by atoms with Gasteiger partial charge in [-0.3, -0.25) is 9.59 Å². The zero-order chi connectivity index (χ0) is 24.1. The minimum absolute atomic E-state index is 0.00534. The molecule has 4 rings (SSSR count). The van der Waals surface area contributed by atoms with Crippen LogP contribution in [0.3, 0.4) is 0 Å². The molecule has 0 spiro atoms. The molecule has 11 heteroatoms. The summed E-state index contributed by atoms with van der Waals surface area (Å²) in [5.41, 5.74) is 7.77. The molecule has 3 aromatic rings. The Hall–Kier alpha value is -4.04. The van der Waals surface area contributed by atoms with Crippen molar-refractivity contribution in [2.24, 2.45) is 5.73 Å². The van der Waals surface area contributed by atoms with Gasteiger partial charge in [0.2, 0.25) is 17.8 Å². The average Bonchev–Trinajstić information content (AvgIpc) is 3.28. The Morgan fingerprint density at radius 1 is 1.24 bits per heavy atom. The Balaban J connectivity index is 1.22. The first kappa shape index (κ1) is 23.1. The first-order chi connectivity index (χ1) is 16.5. The first-order valence-electron chi connectivity index (χ1n) is 11.0. The lowest BCUT2D eigenvalue weighted by molar-refractivity contribution is -0.137. The molecule has 2 aromatic heterocycles. The Labute approximate surface area is 196 Å². The molecule has 1 fully saturated rings. The SMILES string of the molecule is CN(C(=O)COCCn1cnc2ccc(C(N)=O)cc21)C1CCN(c2ncc(C#N)cn2)CC1. The van der Waals surface area contributed by atoms with Crippen LogP contribution in [0, 0.1) is 11.3 Å². The molecule has 1 aliphatic heterocycles. The standard InChI is InChI=1S/C23H26N8O3/c1-29(18-4-6-30(7-5-18)23-26-12-16(11-24)13-27-23)21(32)14-34-9-8-31-15-28-19-3-2-17(22(25)33)10-20(19)31/h2-3,10,12-13,15,18H,4-9,14H2,1H3,(H2,25,33). The molecule has 1 aromatic carbocycles. The summed E-state index contributed by atoms with van der Waals surface area (Å²) < 4.78 is 7.50. The lowest BCUT2D eigenvalue weighted by Crippen LogP contribution is -2.47. The summed E-state index contributed by atoms with van der Waals surface area (Å²) in [5.74, 6) is 0.0408. The number of imidazole rings is 1. The number of nitrogens with two attached hydrogens (primary N) is 1. The summed E-state index contributed by atoms with van der Waals surface area (Å²) in [6, 6.07) is 7.24. The van der Waals surface area contributed by atoms with E-state index in [0.29, 0.717) is 30.2 Å². The second-order valence-electron chi connectivity index (χ2n) is 8.16. The highest BCUT2D eigenvalue weighted by Crippen LogP contribution is 2.19. The fraction of sp³-hybridized carbons (Fsp3) is 0.391. The number of rotatable bonds is 8. The van der Waals surface area contributed by atoms with E-state index in [2.05, 4.69) is 19.9 Å². The number of nitriles is 1. The highest BCUT2D eigenvalue weighted by atomic mass is 16.5. The first-order valence-corrected chi connectivity index (χ1v) is 11.0. The van der Waals surface area contributed by atoms with Crippen molar-refractivity contribution in [1.82, 2.24) is 24.4 Å². The molecule has 0 radical (unpaired) electrons. The maximum Gasteiger partial charge on any atom is 0.248 e. The van der Waals surface area contributed by atoms with E-state index in [1.54, 1.807) is 36.5 Å². The number of primary amides is 1. The van der Waals surface area contributed by atoms with Crippen molar-refractivity contribution in [3.63, 3.8) is 0 Å². The number of carbonyl (C=O) groups is 2. The normalized spacial score (nSPS) is 14.2. The van der Waals surface area contributed by atoms with E-state index < -0.39 is 5.91 Å². The van der Waals surface area contributed by atoms with Gasteiger partial charge in [0.25, 0.3) is 0 Å². The molecule has 3 heterocycles. The monoisotopic (exact) mass is 462 g/mol. The minimum Gasteiger partial charge on any atom is -0.370 e. The van der Waals surface area contributed by atoms with Crippen molar-refractivity contribution < 1.29 is 14.3 Å². The summed E-state index contributed by atoms with van der Waals surface area (Å²) in [7, 11) is 1.80. The number of hydrogen-bond acceptors (Lipinski definition) is 8. The lowest BCUT2D eigenvalue weighted by atomic mass is 10.0. The van der Waals surface area contributed by atoms with E-state index in [4.69, 9.17) is 15.7 Å². The Bertz CT molecular complexity index is 1210. The number of carbonyl (C=O) groups excluding carboxylic acids is 2. The Morgan fingerprint density at radius 3 is 2.65 bits per heavy atom. The lowest BCUT2D eigenvalue weighted by Gasteiger charge is -2.36. The van der Waals surface area contributed by atoms with Crippen molar-refractivity contribution in [1.29, 1.82) is 5.26 Å². The van der Waals surface area contributed by atoms with E-state index in [9.17, 15) is 9.59 Å². The van der Waals surface area contributed by atoms with Crippen LogP contribution in [0.1, 0.15) is 28.8 Å². The summed E-state index contributed by atoms with van der Waals surface area (Å²) in [4.78, 5) is 40.7. The zero-order valence-electron chi connectivity index (χ0n) is 18.9. The van der Waals surface area contributed by atoms with Crippen molar-refractivity contribution in [3.05, 3.63) is 48.0 Å². The van der Waals surface area contributed by atoms with E-state index >= 15 is 0 Å². The van der Waals surface area contributed by atoms with Gasteiger partial charge >= 0.3 is 0 Å². The summed E-state index contributed by atoms with van der Waals surface area (Å²) in [6.45, 7) is 2.29. The van der Waals surface area contributed by atoms with Crippen LogP contribution in [-0.2, 0) is 16.1 Å². The van der Waals surface area contributed by atoms with Gasteiger partial charge in [-0.05, 0) is 31.0 Å². The van der Waals surface area contributed by atoms with Crippen LogP contribution < -0.4 is 10.6 Å². The van der Waals surface area contributed by atoms with E-state index in [-0.39, 0.29) is 18.6 Å². The number of nitrogens with zero attached hydrogens (tertiary/aromatic N) is 7. The number of anilines is 1. The molecule has 1 saturated heterocycles. The van der Waals surface area contributed by atoms with Crippen molar-refractivity contribution >= 4 is 28.8 Å². The quantitative estimate of drug-likeness (QED) is 0.487. The average molecular weight is 463 g/mol. The molecule has 0 atom stereocenters. The molecule has 0 unspecified atom stereocenters. The highest BCUT2D eigenvalue weighted by molar-refractivity contribution is 5.96. The maximum atomic E-state index is 12.6. The molecule has 2 N–H and O–H groups in total. The third-order valence-electron chi connectivity index (χ3n) is 6.06. The van der Waals surface area contributed by atoms with Gasteiger partial charge < -0.3 is 24.8 Å². The molecule has 11 nitrogen and oxygen atoms in total. The molecule has 0 bridgehead atoms. The predicted octanol–water partition coefficient (Wildman–Crippen LogP) is 0.941. The maximum absolute atomic E-state index is 12.6. The third-order valence-corrected chi connectivity index (χ3v) is 6.06. The van der Waals surface area contributed by atoms with Gasteiger partial charge in [0, 0.05) is 38.3 Å². The predicted molar refractivity (Wildman–Crippen MR) is 124 cm³/mol. The van der Waals surface area contributed by atoms with Crippen LogP contribution in [-0.4, -0.2) is 75.6 Å². The smallest absolute Gasteiger partial charge is 0.248 e. The molecular formula is C23H26N8O3. The molecule has 176 valence electrons. The van der Waals surface area contributed by atoms with Gasteiger partial charge in [-0.2, -0.15) is 5.26 Å². The van der Waals surface area contributed by atoms with Crippen LogP contribution >= 0.6 is 0 Å². The van der Waals surface area contributed by atoms with Gasteiger partial charge in [-0.1, -0.05) is 0 Å². The number of likely N-dealkylation sites (N-methyl/N-ethyl adjacent to an activating group) is 1.